The maximum atomic E-state index is 11.0. The second-order valence-electron chi connectivity index (χ2n) is 3.17. The summed E-state index contributed by atoms with van der Waals surface area (Å²) in [7, 11) is 0. The predicted octanol–water partition coefficient (Wildman–Crippen LogP) is 2.28. The van der Waals surface area contributed by atoms with Crippen molar-refractivity contribution in [2.24, 2.45) is 0 Å². The molecule has 3 nitrogen and oxygen atoms in total. The zero-order chi connectivity index (χ0) is 10.1. The van der Waals surface area contributed by atoms with Crippen LogP contribution >= 0.6 is 11.6 Å². The zero-order valence-electron chi connectivity index (χ0n) is 7.70. The van der Waals surface area contributed by atoms with Crippen LogP contribution in [0.3, 0.4) is 0 Å². The molecule has 72 valence electrons. The fourth-order valence-corrected chi connectivity index (χ4v) is 1.69. The predicted molar refractivity (Wildman–Crippen MR) is 55.4 cm³/mol. The van der Waals surface area contributed by atoms with Gasteiger partial charge in [0.15, 0.2) is 0 Å². The van der Waals surface area contributed by atoms with Crippen molar-refractivity contribution in [1.82, 2.24) is 9.55 Å². The van der Waals surface area contributed by atoms with E-state index >= 15 is 0 Å². The Morgan fingerprint density at radius 1 is 1.64 bits per heavy atom. The summed E-state index contributed by atoms with van der Waals surface area (Å²) in [5, 5.41) is 1.51. The van der Waals surface area contributed by atoms with Gasteiger partial charge in [-0.2, -0.15) is 0 Å². The first kappa shape index (κ1) is 9.21. The molecule has 0 atom stereocenters. The lowest BCUT2D eigenvalue weighted by Gasteiger charge is -2.02. The Balaban J connectivity index is 2.62. The summed E-state index contributed by atoms with van der Waals surface area (Å²) in [6, 6.07) is 5.58. The van der Waals surface area contributed by atoms with Gasteiger partial charge in [0.1, 0.15) is 16.6 Å². The molecule has 14 heavy (non-hydrogen) atoms. The van der Waals surface area contributed by atoms with Crippen molar-refractivity contribution in [2.75, 3.05) is 0 Å². The smallest absolute Gasteiger partial charge is 0.149 e. The number of carbonyl (C=O) groups excluding carboxylic acids is 1. The summed E-state index contributed by atoms with van der Waals surface area (Å²) in [6.07, 6.45) is 1.69. The molecule has 0 unspecified atom stereocenters. The number of rotatable bonds is 2. The SMILES string of the molecule is CC(=O)Cn1c(Cl)cc2cccnc21. The molecular formula is C10H9ClN2O. The van der Waals surface area contributed by atoms with E-state index in [1.54, 1.807) is 10.8 Å². The Hall–Kier alpha value is -1.35. The number of aromatic nitrogens is 2. The number of pyridine rings is 1. The monoisotopic (exact) mass is 208 g/mol. The van der Waals surface area contributed by atoms with Crippen LogP contribution in [0.2, 0.25) is 5.15 Å². The van der Waals surface area contributed by atoms with Gasteiger partial charge in [-0.15, -0.1) is 0 Å². The van der Waals surface area contributed by atoms with Gasteiger partial charge in [-0.3, -0.25) is 4.79 Å². The topological polar surface area (TPSA) is 34.9 Å². The van der Waals surface area contributed by atoms with Crippen LogP contribution in [-0.2, 0) is 11.3 Å². The number of carbonyl (C=O) groups is 1. The molecular weight excluding hydrogens is 200 g/mol. The van der Waals surface area contributed by atoms with Crippen LogP contribution in [0.1, 0.15) is 6.92 Å². The highest BCUT2D eigenvalue weighted by Crippen LogP contribution is 2.21. The second kappa shape index (κ2) is 3.42. The number of hydrogen-bond donors (Lipinski definition) is 0. The third-order valence-corrected chi connectivity index (χ3v) is 2.30. The quantitative estimate of drug-likeness (QED) is 0.759. The summed E-state index contributed by atoms with van der Waals surface area (Å²) in [6.45, 7) is 1.81. The van der Waals surface area contributed by atoms with Gasteiger partial charge in [0.25, 0.3) is 0 Å². The van der Waals surface area contributed by atoms with E-state index in [4.69, 9.17) is 11.6 Å². The number of halogens is 1. The molecule has 0 saturated carbocycles. The molecule has 0 radical (unpaired) electrons. The molecule has 2 heterocycles. The largest absolute Gasteiger partial charge is 0.309 e. The van der Waals surface area contributed by atoms with Crippen molar-refractivity contribution in [3.8, 4) is 0 Å². The molecule has 0 saturated heterocycles. The van der Waals surface area contributed by atoms with E-state index in [2.05, 4.69) is 4.98 Å². The molecule has 0 N–H and O–H groups in total. The fraction of sp³-hybridized carbons (Fsp3) is 0.200. The van der Waals surface area contributed by atoms with Crippen LogP contribution in [0.15, 0.2) is 24.4 Å². The molecule has 2 rings (SSSR count). The summed E-state index contributed by atoms with van der Waals surface area (Å²) >= 11 is 5.98. The minimum Gasteiger partial charge on any atom is -0.309 e. The normalized spacial score (nSPS) is 10.7. The summed E-state index contributed by atoms with van der Waals surface area (Å²) < 4.78 is 1.71. The van der Waals surface area contributed by atoms with E-state index in [0.29, 0.717) is 5.15 Å². The van der Waals surface area contributed by atoms with Crippen molar-refractivity contribution in [2.45, 2.75) is 13.5 Å². The number of fused-ring (bicyclic) bond motifs is 1. The molecule has 0 fully saturated rings. The summed E-state index contributed by atoms with van der Waals surface area (Å²) in [5.74, 6) is 0.0649. The number of ketones is 1. The number of hydrogen-bond acceptors (Lipinski definition) is 2. The number of Topliss-reactive ketones (excluding diaryl/α,β-unsaturated/α-hetero) is 1. The highest BCUT2D eigenvalue weighted by Gasteiger charge is 2.08. The lowest BCUT2D eigenvalue weighted by molar-refractivity contribution is -0.117. The van der Waals surface area contributed by atoms with E-state index in [0.717, 1.165) is 11.0 Å². The zero-order valence-corrected chi connectivity index (χ0v) is 8.45. The maximum absolute atomic E-state index is 11.0. The summed E-state index contributed by atoms with van der Waals surface area (Å²) in [5.41, 5.74) is 0.757. The molecule has 0 amide bonds. The average molecular weight is 209 g/mol. The van der Waals surface area contributed by atoms with Crippen molar-refractivity contribution < 1.29 is 4.79 Å². The van der Waals surface area contributed by atoms with Gasteiger partial charge in [0, 0.05) is 11.6 Å². The van der Waals surface area contributed by atoms with Gasteiger partial charge in [0.05, 0.1) is 6.54 Å². The first-order valence-electron chi connectivity index (χ1n) is 4.27. The van der Waals surface area contributed by atoms with Gasteiger partial charge in [-0.1, -0.05) is 11.6 Å². The molecule has 4 heteroatoms. The van der Waals surface area contributed by atoms with E-state index < -0.39 is 0 Å². The van der Waals surface area contributed by atoms with Crippen LogP contribution in [0.4, 0.5) is 0 Å². The van der Waals surface area contributed by atoms with Crippen molar-refractivity contribution in [1.29, 1.82) is 0 Å². The first-order valence-corrected chi connectivity index (χ1v) is 4.65. The standard InChI is InChI=1S/C10H9ClN2O/c1-7(14)6-13-9(11)5-8-3-2-4-12-10(8)13/h2-5H,6H2,1H3. The molecule has 2 aromatic heterocycles. The van der Waals surface area contributed by atoms with Crippen LogP contribution < -0.4 is 0 Å². The van der Waals surface area contributed by atoms with Gasteiger partial charge < -0.3 is 4.57 Å². The van der Waals surface area contributed by atoms with Crippen LogP contribution in [-0.4, -0.2) is 15.3 Å². The van der Waals surface area contributed by atoms with Crippen LogP contribution in [0, 0.1) is 0 Å². The highest BCUT2D eigenvalue weighted by molar-refractivity contribution is 6.30. The van der Waals surface area contributed by atoms with Crippen molar-refractivity contribution in [3.63, 3.8) is 0 Å². The van der Waals surface area contributed by atoms with Crippen LogP contribution in [0.5, 0.6) is 0 Å². The minimum absolute atomic E-state index is 0.0649. The van der Waals surface area contributed by atoms with Gasteiger partial charge in [-0.25, -0.2) is 4.98 Å². The van der Waals surface area contributed by atoms with E-state index in [-0.39, 0.29) is 12.3 Å². The third kappa shape index (κ3) is 1.51. The second-order valence-corrected chi connectivity index (χ2v) is 3.56. The Morgan fingerprint density at radius 2 is 2.43 bits per heavy atom. The Bertz CT molecular complexity index is 490. The van der Waals surface area contributed by atoms with E-state index in [9.17, 15) is 4.79 Å². The Kier molecular flexibility index (Phi) is 2.25. The molecule has 2 aromatic rings. The third-order valence-electron chi connectivity index (χ3n) is 1.99. The minimum atomic E-state index is 0.0649. The van der Waals surface area contributed by atoms with Gasteiger partial charge >= 0.3 is 0 Å². The lowest BCUT2D eigenvalue weighted by atomic mass is 10.3. The van der Waals surface area contributed by atoms with Gasteiger partial charge in [-0.05, 0) is 25.1 Å². The Morgan fingerprint density at radius 3 is 3.14 bits per heavy atom. The molecule has 0 aliphatic carbocycles. The molecule has 0 bridgehead atoms. The first-order chi connectivity index (χ1) is 6.68. The average Bonchev–Trinajstić information content (AvgIpc) is 2.43. The Labute approximate surface area is 86.3 Å². The molecule has 0 spiro atoms. The van der Waals surface area contributed by atoms with E-state index in [1.165, 1.54) is 6.92 Å². The van der Waals surface area contributed by atoms with E-state index in [1.807, 2.05) is 18.2 Å². The molecule has 0 aliphatic heterocycles. The van der Waals surface area contributed by atoms with Gasteiger partial charge in [0.2, 0.25) is 0 Å². The van der Waals surface area contributed by atoms with Crippen LogP contribution in [0.25, 0.3) is 11.0 Å². The molecule has 0 aromatic carbocycles. The summed E-state index contributed by atoms with van der Waals surface area (Å²) in [4.78, 5) is 15.2. The lowest BCUT2D eigenvalue weighted by Crippen LogP contribution is -2.06. The number of nitrogens with zero attached hydrogens (tertiary/aromatic N) is 2. The van der Waals surface area contributed by atoms with Crippen molar-refractivity contribution in [3.05, 3.63) is 29.5 Å². The van der Waals surface area contributed by atoms with Crippen molar-refractivity contribution >= 4 is 28.4 Å². The maximum Gasteiger partial charge on any atom is 0.149 e. The highest BCUT2D eigenvalue weighted by atomic mass is 35.5. The fourth-order valence-electron chi connectivity index (χ4n) is 1.43. The molecule has 0 aliphatic rings.